The molecule has 6 nitrogen and oxygen atoms in total. The number of nitrogen functional groups attached to an aromatic ring is 1. The average molecular weight is 236 g/mol. The van der Waals surface area contributed by atoms with Crippen LogP contribution in [0.15, 0.2) is 24.3 Å². The largest absolute Gasteiger partial charge is 0.382 e. The lowest BCUT2D eigenvalue weighted by Crippen LogP contribution is -2.01. The Balaban J connectivity index is 2.51. The minimum Gasteiger partial charge on any atom is -0.382 e. The second-order valence-electron chi connectivity index (χ2n) is 3.52. The predicted octanol–water partition coefficient (Wildman–Crippen LogP) is 1.81. The maximum absolute atomic E-state index is 13.4. The van der Waals surface area contributed by atoms with Gasteiger partial charge < -0.3 is 5.73 Å². The number of hydrogen-bond acceptors (Lipinski definition) is 4. The Kier molecular flexibility index (Phi) is 2.51. The predicted molar refractivity (Wildman–Crippen MR) is 59.3 cm³/mol. The van der Waals surface area contributed by atoms with Crippen LogP contribution in [0.25, 0.3) is 5.69 Å². The summed E-state index contributed by atoms with van der Waals surface area (Å²) in [6.45, 7) is 1.75. The summed E-state index contributed by atoms with van der Waals surface area (Å²) in [7, 11) is 0. The van der Waals surface area contributed by atoms with Gasteiger partial charge in [0.2, 0.25) is 5.82 Å². The molecule has 2 aromatic rings. The van der Waals surface area contributed by atoms with E-state index in [0.29, 0.717) is 11.5 Å². The number of hydrogen-bond donors (Lipinski definition) is 1. The molecule has 2 N–H and O–H groups in total. The summed E-state index contributed by atoms with van der Waals surface area (Å²) in [5.74, 6) is -0.595. The molecule has 17 heavy (non-hydrogen) atoms. The van der Waals surface area contributed by atoms with Crippen LogP contribution in [-0.2, 0) is 0 Å². The van der Waals surface area contributed by atoms with Gasteiger partial charge in [0.05, 0.1) is 10.6 Å². The van der Waals surface area contributed by atoms with Gasteiger partial charge in [-0.05, 0) is 13.0 Å². The molecule has 1 aromatic heterocycles. The van der Waals surface area contributed by atoms with E-state index in [1.807, 2.05) is 0 Å². The van der Waals surface area contributed by atoms with Gasteiger partial charge in [0.1, 0.15) is 5.82 Å². The highest BCUT2D eigenvalue weighted by atomic mass is 19.1. The maximum atomic E-state index is 13.4. The van der Waals surface area contributed by atoms with E-state index in [1.165, 1.54) is 10.7 Å². The van der Waals surface area contributed by atoms with Crippen LogP contribution in [0.1, 0.15) is 5.69 Å². The lowest BCUT2D eigenvalue weighted by atomic mass is 10.2. The van der Waals surface area contributed by atoms with Crippen LogP contribution in [-0.4, -0.2) is 14.7 Å². The third kappa shape index (κ3) is 1.94. The van der Waals surface area contributed by atoms with Crippen molar-refractivity contribution in [3.8, 4) is 5.69 Å². The van der Waals surface area contributed by atoms with Crippen LogP contribution in [0, 0.1) is 22.9 Å². The molecular formula is C10H9FN4O2. The van der Waals surface area contributed by atoms with Crippen molar-refractivity contribution in [2.45, 2.75) is 6.92 Å². The number of anilines is 1. The molecule has 0 bridgehead atoms. The number of aromatic nitrogens is 2. The SMILES string of the molecule is Cc1cc(N)nn1-c1ccc([N+](=O)[O-])c(F)c1. The minimum absolute atomic E-state index is 0.307. The third-order valence-corrected chi connectivity index (χ3v) is 2.28. The van der Waals surface area contributed by atoms with Crippen molar-refractivity contribution in [3.63, 3.8) is 0 Å². The number of nitrogens with two attached hydrogens (primary N) is 1. The molecule has 1 heterocycles. The van der Waals surface area contributed by atoms with E-state index in [2.05, 4.69) is 5.10 Å². The Morgan fingerprint density at radius 3 is 2.65 bits per heavy atom. The van der Waals surface area contributed by atoms with Crippen LogP contribution in [0.2, 0.25) is 0 Å². The lowest BCUT2D eigenvalue weighted by molar-refractivity contribution is -0.387. The second kappa shape index (κ2) is 3.85. The van der Waals surface area contributed by atoms with Crippen molar-refractivity contribution in [1.29, 1.82) is 0 Å². The molecule has 0 unspecified atom stereocenters. The van der Waals surface area contributed by atoms with Gasteiger partial charge in [-0.3, -0.25) is 10.1 Å². The second-order valence-corrected chi connectivity index (χ2v) is 3.52. The van der Waals surface area contributed by atoms with Gasteiger partial charge >= 0.3 is 5.69 Å². The van der Waals surface area contributed by atoms with Crippen LogP contribution in [0.3, 0.4) is 0 Å². The first-order valence-electron chi connectivity index (χ1n) is 4.75. The Labute approximate surface area is 95.6 Å². The zero-order valence-electron chi connectivity index (χ0n) is 8.92. The fourth-order valence-corrected chi connectivity index (χ4v) is 1.54. The monoisotopic (exact) mass is 236 g/mol. The Hall–Kier alpha value is -2.44. The zero-order valence-corrected chi connectivity index (χ0v) is 8.92. The molecular weight excluding hydrogens is 227 g/mol. The van der Waals surface area contributed by atoms with Crippen molar-refractivity contribution in [2.24, 2.45) is 0 Å². The third-order valence-electron chi connectivity index (χ3n) is 2.28. The Morgan fingerprint density at radius 2 is 2.18 bits per heavy atom. The molecule has 0 aliphatic heterocycles. The lowest BCUT2D eigenvalue weighted by Gasteiger charge is -2.04. The number of benzene rings is 1. The summed E-state index contributed by atoms with van der Waals surface area (Å²) in [5.41, 5.74) is 6.04. The van der Waals surface area contributed by atoms with Gasteiger partial charge in [-0.2, -0.15) is 9.49 Å². The molecule has 0 amide bonds. The molecule has 88 valence electrons. The highest BCUT2D eigenvalue weighted by Gasteiger charge is 2.15. The summed E-state index contributed by atoms with van der Waals surface area (Å²) in [6, 6.07) is 5.19. The topological polar surface area (TPSA) is 87.0 Å². The standard InChI is InChI=1S/C10H9FN4O2/c1-6-4-10(12)13-14(6)7-2-3-9(15(16)17)8(11)5-7/h2-5H,1H3,(H2,12,13). The van der Waals surface area contributed by atoms with Gasteiger partial charge in [0, 0.05) is 23.9 Å². The molecule has 0 spiro atoms. The van der Waals surface area contributed by atoms with Crippen molar-refractivity contribution in [2.75, 3.05) is 5.73 Å². The molecule has 0 atom stereocenters. The van der Waals surface area contributed by atoms with E-state index in [9.17, 15) is 14.5 Å². The van der Waals surface area contributed by atoms with Crippen molar-refractivity contribution in [3.05, 3.63) is 45.9 Å². The number of nitro benzene ring substituents is 1. The summed E-state index contributed by atoms with van der Waals surface area (Å²) < 4.78 is 14.8. The summed E-state index contributed by atoms with van der Waals surface area (Å²) in [4.78, 5) is 9.69. The van der Waals surface area contributed by atoms with E-state index in [-0.39, 0.29) is 0 Å². The molecule has 0 radical (unpaired) electrons. The molecule has 0 saturated heterocycles. The van der Waals surface area contributed by atoms with Crippen molar-refractivity contribution < 1.29 is 9.31 Å². The fraction of sp³-hybridized carbons (Fsp3) is 0.100. The van der Waals surface area contributed by atoms with Crippen LogP contribution in [0.4, 0.5) is 15.9 Å². The quantitative estimate of drug-likeness (QED) is 0.636. The van der Waals surface area contributed by atoms with Gasteiger partial charge in [-0.25, -0.2) is 4.68 Å². The van der Waals surface area contributed by atoms with Crippen LogP contribution < -0.4 is 5.73 Å². The minimum atomic E-state index is -0.902. The van der Waals surface area contributed by atoms with Gasteiger partial charge in [-0.15, -0.1) is 0 Å². The molecule has 0 aliphatic carbocycles. The highest BCUT2D eigenvalue weighted by molar-refractivity contribution is 5.44. The number of halogens is 1. The summed E-state index contributed by atoms with van der Waals surface area (Å²) in [6.07, 6.45) is 0. The molecule has 0 saturated carbocycles. The van der Waals surface area contributed by atoms with Gasteiger partial charge in [0.25, 0.3) is 0 Å². The first-order chi connectivity index (χ1) is 7.99. The number of rotatable bonds is 2. The molecule has 0 fully saturated rings. The van der Waals surface area contributed by atoms with Gasteiger partial charge in [-0.1, -0.05) is 0 Å². The average Bonchev–Trinajstić information content (AvgIpc) is 2.57. The maximum Gasteiger partial charge on any atom is 0.304 e. The first kappa shape index (κ1) is 11.1. The fourth-order valence-electron chi connectivity index (χ4n) is 1.54. The molecule has 7 heteroatoms. The van der Waals surface area contributed by atoms with E-state index < -0.39 is 16.4 Å². The zero-order chi connectivity index (χ0) is 12.6. The molecule has 2 rings (SSSR count). The smallest absolute Gasteiger partial charge is 0.304 e. The number of nitrogens with zero attached hydrogens (tertiary/aromatic N) is 3. The van der Waals surface area contributed by atoms with Crippen molar-refractivity contribution >= 4 is 11.5 Å². The van der Waals surface area contributed by atoms with Gasteiger partial charge in [0.15, 0.2) is 0 Å². The Bertz CT molecular complexity index is 594. The summed E-state index contributed by atoms with van der Waals surface area (Å²) in [5, 5.41) is 14.4. The normalized spacial score (nSPS) is 10.5. The number of aryl methyl sites for hydroxylation is 1. The summed E-state index contributed by atoms with van der Waals surface area (Å²) >= 11 is 0. The number of nitro groups is 1. The van der Waals surface area contributed by atoms with E-state index >= 15 is 0 Å². The van der Waals surface area contributed by atoms with E-state index in [1.54, 1.807) is 13.0 Å². The Morgan fingerprint density at radius 1 is 1.47 bits per heavy atom. The van der Waals surface area contributed by atoms with Crippen molar-refractivity contribution in [1.82, 2.24) is 9.78 Å². The van der Waals surface area contributed by atoms with Crippen LogP contribution in [0.5, 0.6) is 0 Å². The molecule has 0 aliphatic rings. The van der Waals surface area contributed by atoms with Crippen LogP contribution >= 0.6 is 0 Å². The van der Waals surface area contributed by atoms with E-state index in [4.69, 9.17) is 5.73 Å². The highest BCUT2D eigenvalue weighted by Crippen LogP contribution is 2.21. The van der Waals surface area contributed by atoms with E-state index in [0.717, 1.165) is 17.8 Å². The molecule has 1 aromatic carbocycles. The first-order valence-corrected chi connectivity index (χ1v) is 4.75.